The van der Waals surface area contributed by atoms with Crippen LogP contribution in [0.15, 0.2) is 18.2 Å². The van der Waals surface area contributed by atoms with Crippen LogP contribution in [-0.4, -0.2) is 48.3 Å². The van der Waals surface area contributed by atoms with Gasteiger partial charge in [-0.15, -0.1) is 0 Å². The summed E-state index contributed by atoms with van der Waals surface area (Å²) in [6, 6.07) is 5.47. The predicted octanol–water partition coefficient (Wildman–Crippen LogP) is 2.45. The van der Waals surface area contributed by atoms with Gasteiger partial charge in [0.15, 0.2) is 0 Å². The monoisotopic (exact) mass is 312 g/mol. The van der Waals surface area contributed by atoms with Crippen molar-refractivity contribution in [3.8, 4) is 5.75 Å². The van der Waals surface area contributed by atoms with Gasteiger partial charge in [0.1, 0.15) is 5.75 Å². The van der Waals surface area contributed by atoms with Gasteiger partial charge in [0, 0.05) is 42.8 Å². The zero-order valence-electron chi connectivity index (χ0n) is 13.0. The van der Waals surface area contributed by atoms with Crippen molar-refractivity contribution in [1.29, 1.82) is 0 Å². The fourth-order valence-electron chi connectivity index (χ4n) is 2.66. The van der Waals surface area contributed by atoms with Crippen molar-refractivity contribution < 1.29 is 9.84 Å². The number of halogens is 1. The molecule has 2 atom stereocenters. The first-order valence-corrected chi connectivity index (χ1v) is 7.95. The summed E-state index contributed by atoms with van der Waals surface area (Å²) in [6.45, 7) is 9.81. The Balaban J connectivity index is 2.19. The maximum Gasteiger partial charge on any atom is 0.125 e. The summed E-state index contributed by atoms with van der Waals surface area (Å²) in [6.07, 6.45) is -0.554. The zero-order valence-corrected chi connectivity index (χ0v) is 13.7. The molecule has 0 aromatic heterocycles. The number of nitrogens with one attached hydrogen (secondary N) is 1. The number of benzene rings is 1. The molecule has 1 saturated heterocycles. The van der Waals surface area contributed by atoms with Crippen LogP contribution in [0.2, 0.25) is 5.02 Å². The molecule has 0 radical (unpaired) electrons. The molecule has 118 valence electrons. The molecule has 4 nitrogen and oxygen atoms in total. The highest BCUT2D eigenvalue weighted by molar-refractivity contribution is 6.30. The number of hydrogen-bond donors (Lipinski definition) is 2. The van der Waals surface area contributed by atoms with Gasteiger partial charge in [0.05, 0.1) is 12.2 Å². The minimum absolute atomic E-state index is 0.0279. The average molecular weight is 313 g/mol. The number of rotatable bonds is 5. The highest BCUT2D eigenvalue weighted by atomic mass is 35.5. The molecule has 0 bridgehead atoms. The maximum atomic E-state index is 10.8. The second-order valence-corrected chi connectivity index (χ2v) is 6.26. The van der Waals surface area contributed by atoms with Crippen LogP contribution in [0.4, 0.5) is 0 Å². The lowest BCUT2D eigenvalue weighted by atomic mass is 10.0. The predicted molar refractivity (Wildman–Crippen MR) is 86.1 cm³/mol. The summed E-state index contributed by atoms with van der Waals surface area (Å²) >= 11 is 6.10. The van der Waals surface area contributed by atoms with Gasteiger partial charge in [-0.1, -0.05) is 11.6 Å². The van der Waals surface area contributed by atoms with Gasteiger partial charge in [0.2, 0.25) is 0 Å². The second kappa shape index (κ2) is 7.45. The Hall–Kier alpha value is -0.810. The second-order valence-electron chi connectivity index (χ2n) is 5.82. The first-order valence-electron chi connectivity index (χ1n) is 7.58. The van der Waals surface area contributed by atoms with E-state index in [9.17, 15) is 5.11 Å². The van der Waals surface area contributed by atoms with Crippen LogP contribution in [0.1, 0.15) is 32.4 Å². The van der Waals surface area contributed by atoms with Crippen LogP contribution < -0.4 is 10.1 Å². The number of aliphatic hydroxyl groups excluding tert-OH is 1. The van der Waals surface area contributed by atoms with Gasteiger partial charge in [0.25, 0.3) is 0 Å². The topological polar surface area (TPSA) is 44.7 Å². The number of aliphatic hydroxyl groups is 1. The standard InChI is InChI=1S/C16H25ClN2O2/c1-11(2)21-15-5-4-13(17)10-14(15)16(20)12(3)19-8-6-18-7-9-19/h4-5,10-12,16,18,20H,6-9H2,1-3H3. The van der Waals surface area contributed by atoms with Crippen LogP contribution in [0.3, 0.4) is 0 Å². The summed E-state index contributed by atoms with van der Waals surface area (Å²) in [5.41, 5.74) is 0.766. The third-order valence-corrected chi connectivity index (χ3v) is 4.07. The van der Waals surface area contributed by atoms with Gasteiger partial charge in [-0.25, -0.2) is 0 Å². The molecule has 0 aliphatic carbocycles. The number of ether oxygens (including phenoxy) is 1. The quantitative estimate of drug-likeness (QED) is 0.876. The van der Waals surface area contributed by atoms with Crippen LogP contribution in [0, 0.1) is 0 Å². The molecule has 0 saturated carbocycles. The lowest BCUT2D eigenvalue weighted by Gasteiger charge is -2.36. The van der Waals surface area contributed by atoms with Crippen molar-refractivity contribution >= 4 is 11.6 Å². The molecule has 1 aliphatic heterocycles. The Kier molecular flexibility index (Phi) is 5.88. The van der Waals surface area contributed by atoms with E-state index in [1.807, 2.05) is 26.0 Å². The molecular formula is C16H25ClN2O2. The summed E-state index contributed by atoms with van der Waals surface area (Å²) < 4.78 is 5.81. The first-order chi connectivity index (χ1) is 9.99. The smallest absolute Gasteiger partial charge is 0.125 e. The summed E-state index contributed by atoms with van der Waals surface area (Å²) in [5.74, 6) is 0.712. The summed E-state index contributed by atoms with van der Waals surface area (Å²) in [5, 5.41) is 14.7. The third-order valence-electron chi connectivity index (χ3n) is 3.84. The van der Waals surface area contributed by atoms with E-state index in [1.54, 1.807) is 6.07 Å². The van der Waals surface area contributed by atoms with Crippen molar-refractivity contribution in [2.24, 2.45) is 0 Å². The molecule has 1 aromatic carbocycles. The van der Waals surface area contributed by atoms with Gasteiger partial charge in [-0.3, -0.25) is 4.90 Å². The highest BCUT2D eigenvalue weighted by Gasteiger charge is 2.27. The van der Waals surface area contributed by atoms with Gasteiger partial charge in [-0.05, 0) is 39.0 Å². The van der Waals surface area contributed by atoms with Crippen molar-refractivity contribution in [3.63, 3.8) is 0 Å². The molecular weight excluding hydrogens is 288 g/mol. The normalized spacial score (nSPS) is 19.5. The summed E-state index contributed by atoms with van der Waals surface area (Å²) in [4.78, 5) is 2.29. The minimum Gasteiger partial charge on any atom is -0.491 e. The van der Waals surface area contributed by atoms with Gasteiger partial charge >= 0.3 is 0 Å². The van der Waals surface area contributed by atoms with E-state index in [0.29, 0.717) is 10.8 Å². The lowest BCUT2D eigenvalue weighted by molar-refractivity contribution is 0.0484. The van der Waals surface area contributed by atoms with Crippen molar-refractivity contribution in [3.05, 3.63) is 28.8 Å². The van der Waals surface area contributed by atoms with E-state index >= 15 is 0 Å². The van der Waals surface area contributed by atoms with Gasteiger partial charge < -0.3 is 15.2 Å². The number of hydrogen-bond acceptors (Lipinski definition) is 4. The van der Waals surface area contributed by atoms with E-state index in [0.717, 1.165) is 31.7 Å². The highest BCUT2D eigenvalue weighted by Crippen LogP contribution is 2.32. The molecule has 2 rings (SSSR count). The van der Waals surface area contributed by atoms with Crippen LogP contribution in [0.5, 0.6) is 5.75 Å². The maximum absolute atomic E-state index is 10.8. The Bertz CT molecular complexity index is 462. The van der Waals surface area contributed by atoms with Crippen LogP contribution in [-0.2, 0) is 0 Å². The molecule has 1 heterocycles. The largest absolute Gasteiger partial charge is 0.491 e. The van der Waals surface area contributed by atoms with E-state index in [-0.39, 0.29) is 12.1 Å². The van der Waals surface area contributed by atoms with Crippen molar-refractivity contribution in [1.82, 2.24) is 10.2 Å². The van der Waals surface area contributed by atoms with Crippen molar-refractivity contribution in [2.75, 3.05) is 26.2 Å². The Labute approximate surface area is 132 Å². The van der Waals surface area contributed by atoms with Crippen LogP contribution >= 0.6 is 11.6 Å². The Morgan fingerprint density at radius 1 is 1.24 bits per heavy atom. The molecule has 2 N–H and O–H groups in total. The number of piperazine rings is 1. The Morgan fingerprint density at radius 3 is 2.52 bits per heavy atom. The van der Waals surface area contributed by atoms with Crippen molar-refractivity contribution in [2.45, 2.75) is 39.0 Å². The number of nitrogens with zero attached hydrogens (tertiary/aromatic N) is 1. The molecule has 0 spiro atoms. The zero-order chi connectivity index (χ0) is 15.4. The Morgan fingerprint density at radius 2 is 1.90 bits per heavy atom. The average Bonchev–Trinajstić information content (AvgIpc) is 2.48. The van der Waals surface area contributed by atoms with Crippen LogP contribution in [0.25, 0.3) is 0 Å². The van der Waals surface area contributed by atoms with E-state index in [2.05, 4.69) is 17.1 Å². The minimum atomic E-state index is -0.615. The molecule has 1 fully saturated rings. The van der Waals surface area contributed by atoms with E-state index in [4.69, 9.17) is 16.3 Å². The molecule has 1 aromatic rings. The van der Waals surface area contributed by atoms with E-state index in [1.165, 1.54) is 0 Å². The fraction of sp³-hybridized carbons (Fsp3) is 0.625. The van der Waals surface area contributed by atoms with E-state index < -0.39 is 6.10 Å². The molecule has 2 unspecified atom stereocenters. The lowest BCUT2D eigenvalue weighted by Crippen LogP contribution is -2.49. The SMILES string of the molecule is CC(C)Oc1ccc(Cl)cc1C(O)C(C)N1CCNCC1. The molecule has 5 heteroatoms. The summed E-state index contributed by atoms with van der Waals surface area (Å²) in [7, 11) is 0. The first kappa shape index (κ1) is 16.6. The molecule has 1 aliphatic rings. The molecule has 0 amide bonds. The molecule has 21 heavy (non-hydrogen) atoms. The fourth-order valence-corrected chi connectivity index (χ4v) is 2.84. The third kappa shape index (κ3) is 4.33. The van der Waals surface area contributed by atoms with Gasteiger partial charge in [-0.2, -0.15) is 0 Å².